The lowest BCUT2D eigenvalue weighted by Crippen LogP contribution is -2.47. The number of hydrogen-bond acceptors (Lipinski definition) is 5. The van der Waals surface area contributed by atoms with Crippen molar-refractivity contribution in [2.24, 2.45) is 10.8 Å². The number of nitrogens with zero attached hydrogens (tertiary/aromatic N) is 3. The van der Waals surface area contributed by atoms with Gasteiger partial charge in [0, 0.05) is 56.0 Å². The van der Waals surface area contributed by atoms with Crippen molar-refractivity contribution in [2.45, 2.75) is 54.4 Å². The molecule has 1 aromatic rings. The van der Waals surface area contributed by atoms with Crippen molar-refractivity contribution < 1.29 is 9.53 Å². The molecule has 1 fully saturated rings. The number of ketones is 1. The Labute approximate surface area is 171 Å². The van der Waals surface area contributed by atoms with Gasteiger partial charge in [-0.05, 0) is 30.9 Å². The summed E-state index contributed by atoms with van der Waals surface area (Å²) in [6.07, 6.45) is 3.88. The fourth-order valence-electron chi connectivity index (χ4n) is 3.23. The number of piperazine rings is 1. The summed E-state index contributed by atoms with van der Waals surface area (Å²) in [5.74, 6) is 0.700. The van der Waals surface area contributed by atoms with E-state index in [4.69, 9.17) is 4.74 Å². The first-order chi connectivity index (χ1) is 13.0. The average Bonchev–Trinajstić information content (AvgIpc) is 2.63. The zero-order chi connectivity index (χ0) is 20.8. The Morgan fingerprint density at radius 3 is 2.11 bits per heavy atom. The maximum Gasteiger partial charge on any atom is 0.213 e. The second kappa shape index (κ2) is 9.84. The molecule has 0 saturated carbocycles. The van der Waals surface area contributed by atoms with Crippen LogP contribution in [0.3, 0.4) is 0 Å². The van der Waals surface area contributed by atoms with Crippen LogP contribution >= 0.6 is 0 Å². The molecule has 0 atom stereocenters. The van der Waals surface area contributed by atoms with Crippen molar-refractivity contribution in [3.8, 4) is 5.88 Å². The van der Waals surface area contributed by atoms with E-state index >= 15 is 0 Å². The maximum absolute atomic E-state index is 12.2. The number of carbonyl (C=O) groups excluding carboxylic acids is 1. The van der Waals surface area contributed by atoms with E-state index in [0.717, 1.165) is 26.1 Å². The first kappa shape index (κ1) is 22.8. The number of rotatable bonds is 8. The summed E-state index contributed by atoms with van der Waals surface area (Å²) < 4.78 is 5.76. The summed E-state index contributed by atoms with van der Waals surface area (Å²) in [6, 6.07) is 3.61. The molecule has 0 N–H and O–H groups in total. The summed E-state index contributed by atoms with van der Waals surface area (Å²) >= 11 is 0. The molecule has 2 rings (SSSR count). The van der Waals surface area contributed by atoms with Crippen LogP contribution in [0.2, 0.25) is 0 Å². The zero-order valence-electron chi connectivity index (χ0n) is 18.8. The number of pyridine rings is 1. The van der Waals surface area contributed by atoms with Crippen LogP contribution in [0.1, 0.15) is 64.7 Å². The predicted octanol–water partition coefficient (Wildman–Crippen LogP) is 4.13. The first-order valence-corrected chi connectivity index (χ1v) is 10.6. The Hall–Kier alpha value is -1.46. The summed E-state index contributed by atoms with van der Waals surface area (Å²) in [6.45, 7) is 20.3. The van der Waals surface area contributed by atoms with E-state index in [2.05, 4.69) is 35.6 Å². The van der Waals surface area contributed by atoms with Crippen molar-refractivity contribution >= 4 is 5.78 Å². The smallest absolute Gasteiger partial charge is 0.213 e. The van der Waals surface area contributed by atoms with Crippen molar-refractivity contribution in [3.05, 3.63) is 23.9 Å². The number of Topliss-reactive ketones (excluding diaryl/α,β-unsaturated/α-hetero) is 1. The fraction of sp³-hybridized carbons (Fsp3) is 0.739. The molecule has 0 aromatic carbocycles. The minimum Gasteiger partial charge on any atom is -0.478 e. The van der Waals surface area contributed by atoms with Crippen molar-refractivity contribution in [3.63, 3.8) is 0 Å². The normalized spacial score (nSPS) is 16.9. The van der Waals surface area contributed by atoms with Gasteiger partial charge in [-0.3, -0.25) is 4.79 Å². The zero-order valence-corrected chi connectivity index (χ0v) is 18.8. The lowest BCUT2D eigenvalue weighted by atomic mass is 9.87. The van der Waals surface area contributed by atoms with Gasteiger partial charge in [0.05, 0.1) is 6.61 Å². The van der Waals surface area contributed by atoms with E-state index in [0.29, 0.717) is 23.5 Å². The Kier molecular flexibility index (Phi) is 8.02. The van der Waals surface area contributed by atoms with Gasteiger partial charge in [0.25, 0.3) is 0 Å². The highest BCUT2D eigenvalue weighted by Crippen LogP contribution is 2.21. The van der Waals surface area contributed by atoms with E-state index in [1.165, 1.54) is 26.1 Å². The molecule has 1 saturated heterocycles. The topological polar surface area (TPSA) is 45.7 Å². The number of hydrogen-bond donors (Lipinski definition) is 0. The molecule has 1 aromatic heterocycles. The molecule has 0 unspecified atom stereocenters. The quantitative estimate of drug-likeness (QED) is 0.494. The SMILES string of the molecule is CC(C)(C)CCN1CCN(CCCOc2ccc(C(=O)C(C)(C)C)cn2)CC1. The highest BCUT2D eigenvalue weighted by Gasteiger charge is 2.23. The average molecular weight is 390 g/mol. The fourth-order valence-corrected chi connectivity index (χ4v) is 3.23. The molecule has 0 radical (unpaired) electrons. The third-order valence-electron chi connectivity index (χ3n) is 5.19. The van der Waals surface area contributed by atoms with Gasteiger partial charge in [0.2, 0.25) is 5.88 Å². The van der Waals surface area contributed by atoms with Crippen LogP contribution in [0.15, 0.2) is 18.3 Å². The number of ether oxygens (including phenoxy) is 1. The molecule has 5 nitrogen and oxygen atoms in total. The highest BCUT2D eigenvalue weighted by molar-refractivity contribution is 5.99. The van der Waals surface area contributed by atoms with E-state index in [9.17, 15) is 4.79 Å². The molecule has 0 aliphatic carbocycles. The minimum absolute atomic E-state index is 0.105. The van der Waals surface area contributed by atoms with Gasteiger partial charge in [-0.1, -0.05) is 41.5 Å². The second-order valence-corrected chi connectivity index (χ2v) is 10.2. The van der Waals surface area contributed by atoms with Crippen molar-refractivity contribution in [1.82, 2.24) is 14.8 Å². The molecule has 0 spiro atoms. The van der Waals surface area contributed by atoms with Crippen LogP contribution in [0, 0.1) is 10.8 Å². The summed E-state index contributed by atoms with van der Waals surface area (Å²) in [4.78, 5) is 21.6. The Bertz CT molecular complexity index is 606. The molecular weight excluding hydrogens is 350 g/mol. The van der Waals surface area contributed by atoms with E-state index in [1.807, 2.05) is 26.8 Å². The molecule has 28 heavy (non-hydrogen) atoms. The molecule has 2 heterocycles. The molecule has 0 amide bonds. The summed E-state index contributed by atoms with van der Waals surface area (Å²) in [5.41, 5.74) is 0.672. The highest BCUT2D eigenvalue weighted by atomic mass is 16.5. The van der Waals surface area contributed by atoms with Gasteiger partial charge in [-0.25, -0.2) is 4.98 Å². The van der Waals surface area contributed by atoms with Crippen LogP contribution in [-0.4, -0.2) is 66.4 Å². The van der Waals surface area contributed by atoms with Gasteiger partial charge in [-0.15, -0.1) is 0 Å². The van der Waals surface area contributed by atoms with Gasteiger partial charge in [0.15, 0.2) is 5.78 Å². The largest absolute Gasteiger partial charge is 0.478 e. The van der Waals surface area contributed by atoms with Crippen molar-refractivity contribution in [2.75, 3.05) is 45.9 Å². The summed E-state index contributed by atoms with van der Waals surface area (Å²) in [7, 11) is 0. The van der Waals surface area contributed by atoms with Gasteiger partial charge in [-0.2, -0.15) is 0 Å². The number of aromatic nitrogens is 1. The third kappa shape index (κ3) is 7.88. The molecule has 5 heteroatoms. The van der Waals surface area contributed by atoms with Crippen molar-refractivity contribution in [1.29, 1.82) is 0 Å². The van der Waals surface area contributed by atoms with Gasteiger partial charge < -0.3 is 14.5 Å². The van der Waals surface area contributed by atoms with Crippen LogP contribution in [0.5, 0.6) is 5.88 Å². The predicted molar refractivity (Wildman–Crippen MR) is 115 cm³/mol. The van der Waals surface area contributed by atoms with Crippen LogP contribution in [0.4, 0.5) is 0 Å². The monoisotopic (exact) mass is 389 g/mol. The van der Waals surface area contributed by atoms with E-state index < -0.39 is 0 Å². The molecule has 158 valence electrons. The summed E-state index contributed by atoms with van der Waals surface area (Å²) in [5, 5.41) is 0. The van der Waals surface area contributed by atoms with E-state index in [1.54, 1.807) is 12.3 Å². The number of carbonyl (C=O) groups is 1. The maximum atomic E-state index is 12.2. The standard InChI is InChI=1S/C23H39N3O2/c1-22(2,3)10-12-26-15-13-25(14-16-26)11-7-17-28-20-9-8-19(18-24-20)21(27)23(4,5)6/h8-9,18H,7,10-17H2,1-6H3. The third-order valence-corrected chi connectivity index (χ3v) is 5.19. The Balaban J connectivity index is 1.63. The van der Waals surface area contributed by atoms with E-state index in [-0.39, 0.29) is 11.2 Å². The van der Waals surface area contributed by atoms with Crippen LogP contribution in [-0.2, 0) is 0 Å². The van der Waals surface area contributed by atoms with Crippen LogP contribution < -0.4 is 4.74 Å². The Morgan fingerprint density at radius 1 is 1.00 bits per heavy atom. The van der Waals surface area contributed by atoms with Gasteiger partial charge >= 0.3 is 0 Å². The molecule has 0 bridgehead atoms. The molecule has 1 aliphatic heterocycles. The molecular formula is C23H39N3O2. The first-order valence-electron chi connectivity index (χ1n) is 10.6. The molecule has 1 aliphatic rings. The lowest BCUT2D eigenvalue weighted by Gasteiger charge is -2.35. The minimum atomic E-state index is -0.388. The van der Waals surface area contributed by atoms with Gasteiger partial charge in [0.1, 0.15) is 0 Å². The van der Waals surface area contributed by atoms with Crippen LogP contribution in [0.25, 0.3) is 0 Å². The second-order valence-electron chi connectivity index (χ2n) is 10.2. The lowest BCUT2D eigenvalue weighted by molar-refractivity contribution is 0.0858. The Morgan fingerprint density at radius 2 is 1.61 bits per heavy atom.